The molecule has 0 bridgehead atoms. The summed E-state index contributed by atoms with van der Waals surface area (Å²) in [6.45, 7) is 0. The molecule has 0 saturated heterocycles. The van der Waals surface area contributed by atoms with E-state index in [-0.39, 0.29) is 34.5 Å². The monoisotopic (exact) mass is 877 g/mol. The van der Waals surface area contributed by atoms with Crippen LogP contribution < -0.4 is 65.3 Å². The Balaban J connectivity index is 1.59. The van der Waals surface area contributed by atoms with Crippen molar-refractivity contribution in [2.75, 3.05) is 42.7 Å². The second-order valence-corrected chi connectivity index (χ2v) is 19.9. The molecule has 7 rings (SSSR count). The van der Waals surface area contributed by atoms with Gasteiger partial charge in [0.1, 0.15) is 0 Å². The third-order valence-corrected chi connectivity index (χ3v) is 18.6. The van der Waals surface area contributed by atoms with E-state index >= 15 is 0 Å². The first kappa shape index (κ1) is 42.1. The number of rotatable bonds is 18. The number of benzene rings is 6. The van der Waals surface area contributed by atoms with Crippen LogP contribution in [0.1, 0.15) is 0 Å². The standard InChI is InChI=1S/C42H46N3O12P3/c1-46-31-19-7-13-25-37(31)52-58(53-38-26-14-8-20-32(38)47-2)43-59(54-39-27-15-9-21-33(39)48-3,55-40-28-16-10-22-34(40)49-4)45-60(44-58,56-41-29-17-11-23-35(41)50-5)57-42-30-18-12-24-36(42)51-6/h7-30,43-44,58-59H,1-6H3. The summed E-state index contributed by atoms with van der Waals surface area (Å²) in [5, 5.41) is 0. The second-order valence-electron chi connectivity index (χ2n) is 12.6. The molecule has 60 heavy (non-hydrogen) atoms. The average Bonchev–Trinajstić information content (AvgIpc) is 3.27. The molecule has 1 aliphatic rings. The Hall–Kier alpha value is -6.07. The number of nitrogens with one attached hydrogen (secondary N) is 2. The van der Waals surface area contributed by atoms with Crippen molar-refractivity contribution in [3.05, 3.63) is 146 Å². The molecule has 0 aromatic heterocycles. The summed E-state index contributed by atoms with van der Waals surface area (Å²) >= 11 is 0. The first-order valence-corrected chi connectivity index (χ1v) is 23.6. The Morgan fingerprint density at radius 1 is 0.350 bits per heavy atom. The molecule has 6 aromatic carbocycles. The summed E-state index contributed by atoms with van der Waals surface area (Å²) in [4.78, 5) is 7.09. The van der Waals surface area contributed by atoms with Gasteiger partial charge in [0.2, 0.25) is 0 Å². The summed E-state index contributed by atoms with van der Waals surface area (Å²) in [5.41, 5.74) is 0. The van der Waals surface area contributed by atoms with Gasteiger partial charge in [0, 0.05) is 0 Å². The van der Waals surface area contributed by atoms with Gasteiger partial charge in [0.15, 0.2) is 0 Å². The maximum absolute atomic E-state index is 7.13. The van der Waals surface area contributed by atoms with E-state index in [0.29, 0.717) is 34.5 Å². The van der Waals surface area contributed by atoms with Crippen LogP contribution in [-0.4, -0.2) is 42.7 Å². The summed E-state index contributed by atoms with van der Waals surface area (Å²) in [5.74, 6) is 3.93. The first-order chi connectivity index (χ1) is 29.3. The molecule has 2 N–H and O–H groups in total. The van der Waals surface area contributed by atoms with Crippen molar-refractivity contribution in [1.82, 2.24) is 9.72 Å². The van der Waals surface area contributed by atoms with Crippen LogP contribution in [0.3, 0.4) is 0 Å². The zero-order chi connectivity index (χ0) is 42.0. The Bertz CT molecular complexity index is 2310. The molecule has 0 spiro atoms. The van der Waals surface area contributed by atoms with Crippen molar-refractivity contribution in [2.45, 2.75) is 0 Å². The maximum atomic E-state index is 7.13. The number of methoxy groups -OCH3 is 6. The summed E-state index contributed by atoms with van der Waals surface area (Å²) in [7, 11) is -4.20. The van der Waals surface area contributed by atoms with Gasteiger partial charge in [-0.25, -0.2) is 0 Å². The van der Waals surface area contributed by atoms with Crippen molar-refractivity contribution in [3.63, 3.8) is 0 Å². The summed E-state index contributed by atoms with van der Waals surface area (Å²) < 4.78 is 82.8. The van der Waals surface area contributed by atoms with Crippen LogP contribution in [0.2, 0.25) is 0 Å². The Morgan fingerprint density at radius 2 is 0.600 bits per heavy atom. The third kappa shape index (κ3) is 9.37. The normalized spacial score (nSPS) is 15.6. The minimum atomic E-state index is -4.66. The van der Waals surface area contributed by atoms with Crippen LogP contribution in [0.25, 0.3) is 0 Å². The number of para-hydroxylation sites is 12. The zero-order valence-electron chi connectivity index (χ0n) is 33.6. The molecule has 0 atom stereocenters. The summed E-state index contributed by atoms with van der Waals surface area (Å²) in [6.07, 6.45) is 0. The molecule has 0 fully saturated rings. The van der Waals surface area contributed by atoms with Gasteiger partial charge in [0.05, 0.1) is 0 Å². The molecular formula is C42H46N3O12P3. The Morgan fingerprint density at radius 3 is 0.900 bits per heavy atom. The number of hydrogen-bond donors (Lipinski definition) is 2. The van der Waals surface area contributed by atoms with E-state index in [1.165, 1.54) is 42.7 Å². The molecule has 0 unspecified atom stereocenters. The molecule has 6 aromatic rings. The molecule has 18 heteroatoms. The fourth-order valence-corrected chi connectivity index (χ4v) is 17.7. The van der Waals surface area contributed by atoms with Crippen molar-refractivity contribution in [2.24, 2.45) is 4.52 Å². The van der Waals surface area contributed by atoms with Crippen molar-refractivity contribution < 1.29 is 55.6 Å². The fourth-order valence-electron chi connectivity index (χ4n) is 6.06. The number of ether oxygens (including phenoxy) is 6. The van der Waals surface area contributed by atoms with Crippen LogP contribution in [-0.2, 0) is 0 Å². The zero-order valence-corrected chi connectivity index (χ0v) is 36.5. The third-order valence-electron chi connectivity index (χ3n) is 8.74. The fraction of sp³-hybridized carbons (Fsp3) is 0.143. The quantitative estimate of drug-likeness (QED) is 0.0789. The first-order valence-electron chi connectivity index (χ1n) is 18.4. The van der Waals surface area contributed by atoms with E-state index in [1.807, 2.05) is 36.4 Å². The van der Waals surface area contributed by atoms with E-state index < -0.39 is 23.7 Å². The minimum absolute atomic E-state index is 0.261. The van der Waals surface area contributed by atoms with Crippen LogP contribution in [0, 0.1) is 0 Å². The Kier molecular flexibility index (Phi) is 13.2. The van der Waals surface area contributed by atoms with Gasteiger partial charge in [0.25, 0.3) is 0 Å². The SMILES string of the molecule is COc1ccccc1OP1(Oc2ccccc2OC)=N[PH](Oc2ccccc2OC)(Oc2ccccc2OC)N[PH](Oc2ccccc2OC)(Oc2ccccc2OC)N1. The molecule has 0 radical (unpaired) electrons. The van der Waals surface area contributed by atoms with Gasteiger partial charge in [-0.15, -0.1) is 0 Å². The average molecular weight is 878 g/mol. The summed E-state index contributed by atoms with van der Waals surface area (Å²) in [6, 6.07) is 42.6. The molecular weight excluding hydrogens is 831 g/mol. The van der Waals surface area contributed by atoms with E-state index in [9.17, 15) is 0 Å². The Labute approximate surface area is 349 Å². The van der Waals surface area contributed by atoms with E-state index in [2.05, 4.69) is 9.72 Å². The van der Waals surface area contributed by atoms with Crippen LogP contribution in [0.5, 0.6) is 69.0 Å². The number of hydrogen-bond acceptors (Lipinski definition) is 15. The van der Waals surface area contributed by atoms with Gasteiger partial charge in [-0.1, -0.05) is 0 Å². The van der Waals surface area contributed by atoms with E-state index in [0.717, 1.165) is 0 Å². The van der Waals surface area contributed by atoms with Crippen molar-refractivity contribution >= 4 is 23.7 Å². The molecule has 1 heterocycles. The van der Waals surface area contributed by atoms with Gasteiger partial charge >= 0.3 is 351 Å². The van der Waals surface area contributed by atoms with Crippen LogP contribution >= 0.6 is 23.7 Å². The van der Waals surface area contributed by atoms with Gasteiger partial charge in [-0.05, 0) is 0 Å². The molecule has 1 aliphatic heterocycles. The van der Waals surface area contributed by atoms with Crippen molar-refractivity contribution in [3.8, 4) is 69.0 Å². The van der Waals surface area contributed by atoms with E-state index in [1.54, 1.807) is 109 Å². The van der Waals surface area contributed by atoms with Gasteiger partial charge in [-0.3, -0.25) is 0 Å². The molecule has 0 aliphatic carbocycles. The van der Waals surface area contributed by atoms with Crippen LogP contribution in [0.4, 0.5) is 0 Å². The molecule has 0 saturated carbocycles. The molecule has 316 valence electrons. The molecule has 15 nitrogen and oxygen atoms in total. The molecule has 0 amide bonds. The predicted octanol–water partition coefficient (Wildman–Crippen LogP) is 10.5. The van der Waals surface area contributed by atoms with Gasteiger partial charge in [-0.2, -0.15) is 0 Å². The van der Waals surface area contributed by atoms with E-state index in [4.69, 9.17) is 60.1 Å². The second kappa shape index (κ2) is 18.9. The predicted molar refractivity (Wildman–Crippen MR) is 234 cm³/mol. The van der Waals surface area contributed by atoms with Gasteiger partial charge < -0.3 is 0 Å². The topological polar surface area (TPSA) is 147 Å². The number of nitrogens with zero attached hydrogens (tertiary/aromatic N) is 1. The van der Waals surface area contributed by atoms with Crippen molar-refractivity contribution in [1.29, 1.82) is 0 Å². The van der Waals surface area contributed by atoms with Crippen LogP contribution in [0.15, 0.2) is 150 Å².